The zero-order valence-corrected chi connectivity index (χ0v) is 16.1. The highest BCUT2D eigenvalue weighted by molar-refractivity contribution is 5.74. The van der Waals surface area contributed by atoms with E-state index in [0.717, 1.165) is 49.6 Å². The molecule has 1 saturated heterocycles. The van der Waals surface area contributed by atoms with E-state index >= 15 is 0 Å². The van der Waals surface area contributed by atoms with Gasteiger partial charge in [-0.1, -0.05) is 17.7 Å². The van der Waals surface area contributed by atoms with E-state index < -0.39 is 0 Å². The molecule has 2 N–H and O–H groups in total. The van der Waals surface area contributed by atoms with Crippen LogP contribution in [-0.4, -0.2) is 68.8 Å². The summed E-state index contributed by atoms with van der Waals surface area (Å²) in [5.74, 6) is 0.795. The molecule has 0 bridgehead atoms. The third-order valence-electron chi connectivity index (χ3n) is 4.70. The Morgan fingerprint density at radius 3 is 2.52 bits per heavy atom. The maximum Gasteiger partial charge on any atom is 0.315 e. The molecule has 0 aliphatic carbocycles. The number of hydrogen-bond donors (Lipinski definition) is 2. The molecule has 1 aliphatic heterocycles. The van der Waals surface area contributed by atoms with E-state index in [1.54, 1.807) is 7.11 Å². The molecule has 1 aliphatic rings. The molecule has 2 rings (SSSR count). The maximum absolute atomic E-state index is 12.3. The van der Waals surface area contributed by atoms with Gasteiger partial charge in [0, 0.05) is 44.3 Å². The van der Waals surface area contributed by atoms with Crippen LogP contribution in [0.25, 0.3) is 0 Å². The lowest BCUT2D eigenvalue weighted by Gasteiger charge is -2.34. The molecule has 6 heteroatoms. The van der Waals surface area contributed by atoms with Crippen LogP contribution in [0.1, 0.15) is 31.0 Å². The van der Waals surface area contributed by atoms with Gasteiger partial charge in [-0.25, -0.2) is 4.79 Å². The van der Waals surface area contributed by atoms with E-state index in [1.165, 1.54) is 0 Å². The van der Waals surface area contributed by atoms with E-state index in [2.05, 4.69) is 40.5 Å². The van der Waals surface area contributed by atoms with Gasteiger partial charge in [-0.15, -0.1) is 0 Å². The monoisotopic (exact) mass is 348 g/mol. The van der Waals surface area contributed by atoms with Crippen molar-refractivity contribution in [3.05, 3.63) is 29.3 Å². The van der Waals surface area contributed by atoms with Gasteiger partial charge in [0.25, 0.3) is 0 Å². The number of hydrogen-bond acceptors (Lipinski definition) is 4. The number of rotatable bonds is 6. The molecule has 0 radical (unpaired) electrons. The quantitative estimate of drug-likeness (QED) is 0.826. The molecule has 2 unspecified atom stereocenters. The Morgan fingerprint density at radius 2 is 1.88 bits per heavy atom. The van der Waals surface area contributed by atoms with Gasteiger partial charge >= 0.3 is 6.03 Å². The fourth-order valence-electron chi connectivity index (χ4n) is 3.20. The first-order chi connectivity index (χ1) is 11.9. The number of urea groups is 1. The van der Waals surface area contributed by atoms with Crippen LogP contribution in [0.5, 0.6) is 5.75 Å². The highest BCUT2D eigenvalue weighted by atomic mass is 16.5. The van der Waals surface area contributed by atoms with Crippen LogP contribution >= 0.6 is 0 Å². The van der Waals surface area contributed by atoms with Crippen molar-refractivity contribution in [3.63, 3.8) is 0 Å². The summed E-state index contributed by atoms with van der Waals surface area (Å²) in [6.45, 7) is 11.2. The second kappa shape index (κ2) is 9.06. The van der Waals surface area contributed by atoms with Crippen molar-refractivity contribution < 1.29 is 9.53 Å². The molecule has 1 fully saturated rings. The molecule has 6 nitrogen and oxygen atoms in total. The number of likely N-dealkylation sites (N-methyl/N-ethyl adjacent to an activating group) is 1. The van der Waals surface area contributed by atoms with Crippen LogP contribution in [0.4, 0.5) is 4.79 Å². The molecular formula is C19H32N4O2. The number of nitrogens with zero attached hydrogens (tertiary/aromatic N) is 2. The first-order valence-corrected chi connectivity index (χ1v) is 9.01. The average Bonchev–Trinajstić information content (AvgIpc) is 2.56. The average molecular weight is 348 g/mol. The predicted octanol–water partition coefficient (Wildman–Crippen LogP) is 2.00. The van der Waals surface area contributed by atoms with E-state index in [-0.39, 0.29) is 18.1 Å². The van der Waals surface area contributed by atoms with Crippen LogP contribution in [0, 0.1) is 6.92 Å². The molecule has 2 amide bonds. The molecule has 1 aromatic carbocycles. The Balaban J connectivity index is 1.84. The van der Waals surface area contributed by atoms with Crippen LogP contribution in [-0.2, 0) is 0 Å². The number of benzene rings is 1. The number of carbonyl (C=O) groups is 1. The lowest BCUT2D eigenvalue weighted by Crippen LogP contribution is -2.51. The number of amides is 2. The number of aryl methyl sites for hydroxylation is 1. The van der Waals surface area contributed by atoms with Crippen LogP contribution < -0.4 is 15.4 Å². The summed E-state index contributed by atoms with van der Waals surface area (Å²) in [4.78, 5) is 17.1. The molecular weight excluding hydrogens is 316 g/mol. The zero-order valence-electron chi connectivity index (χ0n) is 16.1. The fraction of sp³-hybridized carbons (Fsp3) is 0.632. The zero-order chi connectivity index (χ0) is 18.4. The van der Waals surface area contributed by atoms with Gasteiger partial charge in [0.05, 0.1) is 13.2 Å². The minimum absolute atomic E-state index is 0.106. The van der Waals surface area contributed by atoms with Gasteiger partial charge in [0.1, 0.15) is 5.75 Å². The van der Waals surface area contributed by atoms with Crippen molar-refractivity contribution in [3.8, 4) is 5.75 Å². The van der Waals surface area contributed by atoms with Gasteiger partial charge in [0.15, 0.2) is 0 Å². The molecule has 1 heterocycles. The van der Waals surface area contributed by atoms with Crippen molar-refractivity contribution in [1.82, 2.24) is 20.4 Å². The largest absolute Gasteiger partial charge is 0.496 e. The second-order valence-electron chi connectivity index (χ2n) is 7.09. The standard InChI is InChI=1S/C19H32N4O2/c1-14-6-7-18(25-5)17(12-14)16(3)21-19(24)20-15(2)13-23-10-8-22(4)9-11-23/h6-7,12,15-16H,8-11,13H2,1-5H3,(H2,20,21,24). The van der Waals surface area contributed by atoms with Crippen molar-refractivity contribution in [2.45, 2.75) is 32.9 Å². The third-order valence-corrected chi connectivity index (χ3v) is 4.70. The lowest BCUT2D eigenvalue weighted by molar-refractivity contribution is 0.144. The van der Waals surface area contributed by atoms with Gasteiger partial charge in [-0.05, 0) is 33.9 Å². The number of piperazine rings is 1. The highest BCUT2D eigenvalue weighted by Gasteiger charge is 2.19. The Kier molecular flexibility index (Phi) is 7.08. The molecule has 0 aromatic heterocycles. The van der Waals surface area contributed by atoms with Crippen molar-refractivity contribution in [2.24, 2.45) is 0 Å². The topological polar surface area (TPSA) is 56.8 Å². The number of carbonyl (C=O) groups excluding carboxylic acids is 1. The summed E-state index contributed by atoms with van der Waals surface area (Å²) < 4.78 is 5.41. The SMILES string of the molecule is COc1ccc(C)cc1C(C)NC(=O)NC(C)CN1CCN(C)CC1. The predicted molar refractivity (Wildman–Crippen MR) is 101 cm³/mol. The molecule has 140 valence electrons. The van der Waals surface area contributed by atoms with Crippen LogP contribution in [0.15, 0.2) is 18.2 Å². The van der Waals surface area contributed by atoms with Crippen LogP contribution in [0.3, 0.4) is 0 Å². The summed E-state index contributed by atoms with van der Waals surface area (Å²) in [5.41, 5.74) is 2.14. The van der Waals surface area contributed by atoms with Gasteiger partial charge < -0.3 is 20.3 Å². The lowest BCUT2D eigenvalue weighted by atomic mass is 10.0. The number of ether oxygens (including phenoxy) is 1. The van der Waals surface area contributed by atoms with E-state index in [4.69, 9.17) is 4.74 Å². The Hall–Kier alpha value is -1.79. The molecule has 25 heavy (non-hydrogen) atoms. The van der Waals surface area contributed by atoms with Gasteiger partial charge in [-0.2, -0.15) is 0 Å². The summed E-state index contributed by atoms with van der Waals surface area (Å²) in [6.07, 6.45) is 0. The summed E-state index contributed by atoms with van der Waals surface area (Å²) in [6, 6.07) is 5.85. The van der Waals surface area contributed by atoms with E-state index in [9.17, 15) is 4.79 Å². The smallest absolute Gasteiger partial charge is 0.315 e. The fourth-order valence-corrected chi connectivity index (χ4v) is 3.20. The Labute approximate surface area is 151 Å². The van der Waals surface area contributed by atoms with Gasteiger partial charge in [0.2, 0.25) is 0 Å². The normalized spacial score (nSPS) is 18.4. The number of methoxy groups -OCH3 is 1. The van der Waals surface area contributed by atoms with Crippen molar-refractivity contribution in [2.75, 3.05) is 46.9 Å². The first kappa shape index (κ1) is 19.5. The van der Waals surface area contributed by atoms with Gasteiger partial charge in [-0.3, -0.25) is 4.90 Å². The maximum atomic E-state index is 12.3. The summed E-state index contributed by atoms with van der Waals surface area (Å²) in [7, 11) is 3.80. The molecule has 2 atom stereocenters. The summed E-state index contributed by atoms with van der Waals surface area (Å²) >= 11 is 0. The van der Waals surface area contributed by atoms with E-state index in [0.29, 0.717) is 0 Å². The summed E-state index contributed by atoms with van der Waals surface area (Å²) in [5, 5.41) is 6.06. The third kappa shape index (κ3) is 5.90. The second-order valence-corrected chi connectivity index (χ2v) is 7.09. The van der Waals surface area contributed by atoms with Crippen LogP contribution in [0.2, 0.25) is 0 Å². The first-order valence-electron chi connectivity index (χ1n) is 9.01. The minimum atomic E-state index is -0.141. The number of nitrogens with one attached hydrogen (secondary N) is 2. The highest BCUT2D eigenvalue weighted by Crippen LogP contribution is 2.25. The molecule has 0 spiro atoms. The molecule has 1 aromatic rings. The van der Waals surface area contributed by atoms with Crippen molar-refractivity contribution in [1.29, 1.82) is 0 Å². The minimum Gasteiger partial charge on any atom is -0.496 e. The van der Waals surface area contributed by atoms with E-state index in [1.807, 2.05) is 26.0 Å². The Bertz CT molecular complexity index is 571. The molecule has 0 saturated carbocycles. The Morgan fingerprint density at radius 1 is 1.20 bits per heavy atom. The van der Waals surface area contributed by atoms with Crippen molar-refractivity contribution >= 4 is 6.03 Å².